The van der Waals surface area contributed by atoms with E-state index < -0.39 is 5.97 Å². The van der Waals surface area contributed by atoms with E-state index in [2.05, 4.69) is 11.4 Å². The number of ether oxygens (including phenoxy) is 1. The topological polar surface area (TPSA) is 78.2 Å². The van der Waals surface area contributed by atoms with Crippen LogP contribution in [0.1, 0.15) is 12.5 Å². The lowest BCUT2D eigenvalue weighted by molar-refractivity contribution is -0.130. The first-order chi connectivity index (χ1) is 9.53. The van der Waals surface area contributed by atoms with Gasteiger partial charge < -0.3 is 4.74 Å². The zero-order valence-corrected chi connectivity index (χ0v) is 10.7. The van der Waals surface area contributed by atoms with E-state index in [9.17, 15) is 4.79 Å². The first-order valence-electron chi connectivity index (χ1n) is 5.43. The molecule has 1 rings (SSSR count). The van der Waals surface area contributed by atoms with Crippen molar-refractivity contribution in [3.63, 3.8) is 0 Å². The zero-order chi connectivity index (χ0) is 15.1. The minimum Gasteiger partial charge on any atom is -0.423 e. The number of carbonyl (C=O) groups is 1. The van der Waals surface area contributed by atoms with E-state index in [0.717, 1.165) is 0 Å². The van der Waals surface area contributed by atoms with Crippen molar-refractivity contribution < 1.29 is 9.53 Å². The molecule has 0 N–H and O–H groups in total. The van der Waals surface area contributed by atoms with Crippen molar-refractivity contribution in [3.8, 4) is 17.9 Å². The fourth-order valence-corrected chi connectivity index (χ4v) is 1.27. The third-order valence-electron chi connectivity index (χ3n) is 2.27. The lowest BCUT2D eigenvalue weighted by atomic mass is 10.1. The molecule has 0 bridgehead atoms. The molecule has 5 heteroatoms. The molecule has 0 aliphatic carbocycles. The maximum Gasteiger partial charge on any atom is 0.338 e. The highest BCUT2D eigenvalue weighted by atomic mass is 16.5. The Labute approximate surface area is 116 Å². The number of hydrogen-bond acceptors (Lipinski definition) is 4. The van der Waals surface area contributed by atoms with E-state index in [0.29, 0.717) is 11.3 Å². The van der Waals surface area contributed by atoms with Crippen LogP contribution in [0, 0.1) is 29.2 Å². The summed E-state index contributed by atoms with van der Waals surface area (Å²) < 4.78 is 4.99. The van der Waals surface area contributed by atoms with Gasteiger partial charge >= 0.3 is 5.97 Å². The Morgan fingerprint density at radius 1 is 1.30 bits per heavy atom. The Kier molecular flexibility index (Phi) is 4.81. The monoisotopic (exact) mass is 263 g/mol. The molecule has 0 aliphatic rings. The fourth-order valence-electron chi connectivity index (χ4n) is 1.27. The summed E-state index contributed by atoms with van der Waals surface area (Å²) in [6.07, 6.45) is 0. The summed E-state index contributed by atoms with van der Waals surface area (Å²) in [6, 6.07) is 9.45. The Morgan fingerprint density at radius 2 is 1.90 bits per heavy atom. The van der Waals surface area contributed by atoms with Crippen molar-refractivity contribution in [1.29, 1.82) is 10.5 Å². The second kappa shape index (κ2) is 6.54. The molecule has 0 heterocycles. The quantitative estimate of drug-likeness (QED) is 0.276. The van der Waals surface area contributed by atoms with Crippen molar-refractivity contribution in [2.75, 3.05) is 0 Å². The summed E-state index contributed by atoms with van der Waals surface area (Å²) in [4.78, 5) is 14.3. The fraction of sp³-hybridized carbons (Fsp3) is 0.0667. The smallest absolute Gasteiger partial charge is 0.338 e. The van der Waals surface area contributed by atoms with Gasteiger partial charge in [-0.3, -0.25) is 0 Å². The summed E-state index contributed by atoms with van der Waals surface area (Å²) >= 11 is 0. The molecule has 0 saturated carbocycles. The maximum atomic E-state index is 11.3. The molecule has 0 unspecified atom stereocenters. The highest BCUT2D eigenvalue weighted by Crippen LogP contribution is 2.22. The third kappa shape index (κ3) is 3.32. The van der Waals surface area contributed by atoms with Gasteiger partial charge in [-0.25, -0.2) is 14.9 Å². The molecule has 5 nitrogen and oxygen atoms in total. The SMILES string of the molecule is [C-]#[N+]/C(C#N)=C(/C#N)c1ccc(OC(=O)C(=C)C)cc1. The first kappa shape index (κ1) is 14.7. The number of esters is 1. The van der Waals surface area contributed by atoms with Crippen LogP contribution < -0.4 is 4.74 Å². The number of hydrogen-bond donors (Lipinski definition) is 0. The Balaban J connectivity index is 3.10. The van der Waals surface area contributed by atoms with Crippen LogP contribution >= 0.6 is 0 Å². The van der Waals surface area contributed by atoms with Crippen molar-refractivity contribution in [1.82, 2.24) is 0 Å². The number of allylic oxidation sites excluding steroid dienone is 2. The first-order valence-corrected chi connectivity index (χ1v) is 5.43. The van der Waals surface area contributed by atoms with Crippen molar-refractivity contribution >= 4 is 11.5 Å². The van der Waals surface area contributed by atoms with E-state index in [4.69, 9.17) is 21.8 Å². The minimum atomic E-state index is -0.548. The number of nitriles is 2. The van der Waals surface area contributed by atoms with Crippen LogP contribution in [0.25, 0.3) is 10.4 Å². The van der Waals surface area contributed by atoms with Crippen LogP contribution in [-0.2, 0) is 4.79 Å². The molecule has 0 amide bonds. The van der Waals surface area contributed by atoms with Gasteiger partial charge in [-0.15, -0.1) is 0 Å². The normalized spacial score (nSPS) is 10.3. The number of carbonyl (C=O) groups excluding carboxylic acids is 1. The van der Waals surface area contributed by atoms with Crippen molar-refractivity contribution in [2.45, 2.75) is 6.92 Å². The lowest BCUT2D eigenvalue weighted by Gasteiger charge is -2.05. The highest BCUT2D eigenvalue weighted by molar-refractivity contribution is 5.89. The average molecular weight is 263 g/mol. The predicted octanol–water partition coefficient (Wildman–Crippen LogP) is 2.85. The summed E-state index contributed by atoms with van der Waals surface area (Å²) in [5, 5.41) is 17.8. The number of rotatable bonds is 3. The van der Waals surface area contributed by atoms with Gasteiger partial charge in [0.25, 0.3) is 5.70 Å². The molecule has 0 fully saturated rings. The molecule has 0 spiro atoms. The second-order valence-electron chi connectivity index (χ2n) is 3.75. The van der Waals surface area contributed by atoms with E-state index in [1.807, 2.05) is 6.07 Å². The van der Waals surface area contributed by atoms with Gasteiger partial charge in [-0.1, -0.05) is 18.7 Å². The molecule has 1 aromatic rings. The van der Waals surface area contributed by atoms with E-state index in [1.54, 1.807) is 6.07 Å². The molecule has 0 aliphatic heterocycles. The Hall–Kier alpha value is -3.36. The second-order valence-corrected chi connectivity index (χ2v) is 3.75. The largest absolute Gasteiger partial charge is 0.423 e. The van der Waals surface area contributed by atoms with Crippen LogP contribution in [0.4, 0.5) is 0 Å². The molecule has 0 aromatic heterocycles. The Bertz CT molecular complexity index is 691. The Morgan fingerprint density at radius 3 is 2.30 bits per heavy atom. The maximum absolute atomic E-state index is 11.3. The predicted molar refractivity (Wildman–Crippen MR) is 71.6 cm³/mol. The molecule has 0 radical (unpaired) electrons. The van der Waals surface area contributed by atoms with Gasteiger partial charge in [0.2, 0.25) is 0 Å². The summed E-state index contributed by atoms with van der Waals surface area (Å²) in [7, 11) is 0. The van der Waals surface area contributed by atoms with Crippen LogP contribution in [0.3, 0.4) is 0 Å². The van der Waals surface area contributed by atoms with E-state index in [1.165, 1.54) is 31.2 Å². The zero-order valence-electron chi connectivity index (χ0n) is 10.7. The highest BCUT2D eigenvalue weighted by Gasteiger charge is 2.10. The molecule has 1 aromatic carbocycles. The van der Waals surface area contributed by atoms with Crippen LogP contribution in [-0.4, -0.2) is 5.97 Å². The summed E-state index contributed by atoms with van der Waals surface area (Å²) in [5.74, 6) is -0.256. The average Bonchev–Trinajstić information content (AvgIpc) is 2.45. The summed E-state index contributed by atoms with van der Waals surface area (Å²) in [5.41, 5.74) is 0.390. The van der Waals surface area contributed by atoms with Gasteiger partial charge in [0, 0.05) is 5.57 Å². The number of benzene rings is 1. The van der Waals surface area contributed by atoms with Gasteiger partial charge in [-0.05, 0) is 24.6 Å². The molecule has 96 valence electrons. The van der Waals surface area contributed by atoms with Gasteiger partial charge in [-0.2, -0.15) is 5.26 Å². The molecule has 0 atom stereocenters. The molecular formula is C15H9N3O2. The lowest BCUT2D eigenvalue weighted by Crippen LogP contribution is -2.07. The standard InChI is InChI=1S/C15H9N3O2/c1-10(2)15(19)20-12-6-4-11(5-7-12)13(8-16)14(9-17)18-3/h4-7H,1H2,2H3/b14-13-. The minimum absolute atomic E-state index is 0.0136. The summed E-state index contributed by atoms with van der Waals surface area (Å²) in [6.45, 7) is 11.8. The molecular weight excluding hydrogens is 254 g/mol. The third-order valence-corrected chi connectivity index (χ3v) is 2.27. The van der Waals surface area contributed by atoms with Gasteiger partial charge in [0.15, 0.2) is 0 Å². The van der Waals surface area contributed by atoms with Crippen LogP contribution in [0.5, 0.6) is 5.75 Å². The van der Waals surface area contributed by atoms with Crippen molar-refractivity contribution in [2.24, 2.45) is 0 Å². The molecule has 20 heavy (non-hydrogen) atoms. The van der Waals surface area contributed by atoms with Crippen LogP contribution in [0.15, 0.2) is 42.1 Å². The van der Waals surface area contributed by atoms with Crippen molar-refractivity contribution in [3.05, 3.63) is 59.1 Å². The van der Waals surface area contributed by atoms with Gasteiger partial charge in [0.05, 0.1) is 24.3 Å². The molecule has 0 saturated heterocycles. The van der Waals surface area contributed by atoms with E-state index >= 15 is 0 Å². The van der Waals surface area contributed by atoms with E-state index in [-0.39, 0.29) is 16.8 Å². The van der Waals surface area contributed by atoms with Crippen LogP contribution in [0.2, 0.25) is 0 Å². The van der Waals surface area contributed by atoms with Gasteiger partial charge in [0.1, 0.15) is 5.75 Å². The number of nitrogens with zero attached hydrogens (tertiary/aromatic N) is 3.